The van der Waals surface area contributed by atoms with Gasteiger partial charge in [0, 0.05) is 19.6 Å². The molecule has 1 aliphatic heterocycles. The Morgan fingerprint density at radius 2 is 1.68 bits per heavy atom. The summed E-state index contributed by atoms with van der Waals surface area (Å²) in [7, 11) is -3.61. The standard InChI is InChI=1S/C15H27N3O3S/c1-2-11-16-14(19)15(9-5-3-6-10-15)17-22(20,21)18-12-7-4-8-13-18/h2,17H,1,3-13H2,(H,16,19). The van der Waals surface area contributed by atoms with E-state index in [2.05, 4.69) is 16.6 Å². The fraction of sp³-hybridized carbons (Fsp3) is 0.800. The minimum Gasteiger partial charge on any atom is -0.351 e. The molecule has 22 heavy (non-hydrogen) atoms. The van der Waals surface area contributed by atoms with E-state index in [1.807, 2.05) is 0 Å². The fourth-order valence-electron chi connectivity index (χ4n) is 3.28. The van der Waals surface area contributed by atoms with E-state index in [0.717, 1.165) is 38.5 Å². The number of rotatable bonds is 6. The smallest absolute Gasteiger partial charge is 0.280 e. The van der Waals surface area contributed by atoms with Gasteiger partial charge in [0.2, 0.25) is 5.91 Å². The second kappa shape index (κ2) is 7.57. The maximum absolute atomic E-state index is 12.7. The Morgan fingerprint density at radius 3 is 2.27 bits per heavy atom. The van der Waals surface area contributed by atoms with Crippen LogP contribution in [0.3, 0.4) is 0 Å². The predicted molar refractivity (Wildman–Crippen MR) is 86.5 cm³/mol. The molecule has 0 aromatic heterocycles. The molecule has 0 radical (unpaired) electrons. The molecule has 2 rings (SSSR count). The summed E-state index contributed by atoms with van der Waals surface area (Å²) in [6, 6.07) is 0. The van der Waals surface area contributed by atoms with E-state index >= 15 is 0 Å². The highest BCUT2D eigenvalue weighted by atomic mass is 32.2. The Labute approximate surface area is 133 Å². The van der Waals surface area contributed by atoms with Gasteiger partial charge in [-0.2, -0.15) is 17.4 Å². The van der Waals surface area contributed by atoms with Crippen molar-refractivity contribution in [1.29, 1.82) is 0 Å². The normalized spacial score (nSPS) is 22.9. The van der Waals surface area contributed by atoms with Crippen molar-refractivity contribution in [3.63, 3.8) is 0 Å². The number of carbonyl (C=O) groups excluding carboxylic acids is 1. The van der Waals surface area contributed by atoms with Crippen LogP contribution in [0.25, 0.3) is 0 Å². The summed E-state index contributed by atoms with van der Waals surface area (Å²) >= 11 is 0. The molecule has 126 valence electrons. The molecule has 0 spiro atoms. The molecule has 0 aromatic carbocycles. The van der Waals surface area contributed by atoms with Gasteiger partial charge < -0.3 is 5.32 Å². The van der Waals surface area contributed by atoms with Crippen LogP contribution in [0.1, 0.15) is 51.4 Å². The summed E-state index contributed by atoms with van der Waals surface area (Å²) in [5.74, 6) is -0.229. The average molecular weight is 329 g/mol. The monoisotopic (exact) mass is 329 g/mol. The zero-order valence-corrected chi connectivity index (χ0v) is 14.0. The molecule has 0 atom stereocenters. The molecule has 6 nitrogen and oxygen atoms in total. The van der Waals surface area contributed by atoms with E-state index in [1.165, 1.54) is 4.31 Å². The second-order valence-corrected chi connectivity index (χ2v) is 7.88. The van der Waals surface area contributed by atoms with Crippen molar-refractivity contribution in [1.82, 2.24) is 14.3 Å². The van der Waals surface area contributed by atoms with Crippen LogP contribution in [-0.2, 0) is 15.0 Å². The zero-order valence-electron chi connectivity index (χ0n) is 13.1. The van der Waals surface area contributed by atoms with Crippen molar-refractivity contribution in [2.45, 2.75) is 56.9 Å². The number of piperidine rings is 1. The van der Waals surface area contributed by atoms with Crippen LogP contribution in [-0.4, -0.2) is 43.8 Å². The first-order valence-corrected chi connectivity index (χ1v) is 9.62. The third-order valence-corrected chi connectivity index (χ3v) is 6.22. The summed E-state index contributed by atoms with van der Waals surface area (Å²) in [4.78, 5) is 12.5. The maximum atomic E-state index is 12.7. The third-order valence-electron chi connectivity index (χ3n) is 4.53. The first-order valence-electron chi connectivity index (χ1n) is 8.18. The molecule has 0 bridgehead atoms. The molecule has 2 aliphatic rings. The Bertz CT molecular complexity index is 492. The molecular weight excluding hydrogens is 302 g/mol. The molecule has 1 heterocycles. The lowest BCUT2D eigenvalue weighted by molar-refractivity contribution is -0.128. The van der Waals surface area contributed by atoms with Gasteiger partial charge >= 0.3 is 0 Å². The molecule has 0 unspecified atom stereocenters. The van der Waals surface area contributed by atoms with E-state index in [1.54, 1.807) is 6.08 Å². The van der Waals surface area contributed by atoms with E-state index in [4.69, 9.17) is 0 Å². The molecule has 7 heteroatoms. The Balaban J connectivity index is 2.14. The molecule has 2 fully saturated rings. The second-order valence-electron chi connectivity index (χ2n) is 6.21. The van der Waals surface area contributed by atoms with Crippen LogP contribution in [0, 0.1) is 0 Å². The number of amides is 1. The van der Waals surface area contributed by atoms with Gasteiger partial charge in [0.1, 0.15) is 5.54 Å². The van der Waals surface area contributed by atoms with Gasteiger partial charge in [-0.05, 0) is 25.7 Å². The molecule has 1 amide bonds. The zero-order chi connectivity index (χ0) is 16.1. The maximum Gasteiger partial charge on any atom is 0.280 e. The fourth-order valence-corrected chi connectivity index (χ4v) is 4.94. The van der Waals surface area contributed by atoms with Gasteiger partial charge in [0.15, 0.2) is 0 Å². The van der Waals surface area contributed by atoms with E-state index < -0.39 is 15.7 Å². The number of hydrogen-bond donors (Lipinski definition) is 2. The summed E-state index contributed by atoms with van der Waals surface area (Å²) in [6.07, 6.45) is 8.33. The van der Waals surface area contributed by atoms with Crippen LogP contribution < -0.4 is 10.0 Å². The number of carbonyl (C=O) groups is 1. The quantitative estimate of drug-likeness (QED) is 0.721. The Kier molecular flexibility index (Phi) is 6.00. The summed E-state index contributed by atoms with van der Waals surface area (Å²) in [5, 5.41) is 2.77. The van der Waals surface area contributed by atoms with E-state index in [0.29, 0.717) is 32.5 Å². The molecule has 1 saturated carbocycles. The van der Waals surface area contributed by atoms with Crippen LogP contribution in [0.15, 0.2) is 12.7 Å². The average Bonchev–Trinajstić information content (AvgIpc) is 2.54. The highest BCUT2D eigenvalue weighted by Gasteiger charge is 2.43. The first-order chi connectivity index (χ1) is 10.5. The van der Waals surface area contributed by atoms with Gasteiger partial charge in [0.25, 0.3) is 10.2 Å². The molecule has 1 saturated heterocycles. The summed E-state index contributed by atoms with van der Waals surface area (Å²) in [5.41, 5.74) is -1.00. The minimum absolute atomic E-state index is 0.229. The molecule has 0 aromatic rings. The predicted octanol–water partition coefficient (Wildman–Crippen LogP) is 1.31. The van der Waals surface area contributed by atoms with E-state index in [-0.39, 0.29) is 5.91 Å². The topological polar surface area (TPSA) is 78.5 Å². The minimum atomic E-state index is -3.61. The van der Waals surface area contributed by atoms with Gasteiger partial charge in [-0.15, -0.1) is 6.58 Å². The third kappa shape index (κ3) is 4.08. The highest BCUT2D eigenvalue weighted by molar-refractivity contribution is 7.87. The first kappa shape index (κ1) is 17.4. The van der Waals surface area contributed by atoms with Crippen molar-refractivity contribution in [2.24, 2.45) is 0 Å². The largest absolute Gasteiger partial charge is 0.351 e. The highest BCUT2D eigenvalue weighted by Crippen LogP contribution is 2.30. The van der Waals surface area contributed by atoms with Crippen molar-refractivity contribution in [3.05, 3.63) is 12.7 Å². The van der Waals surface area contributed by atoms with Crippen LogP contribution in [0.4, 0.5) is 0 Å². The summed E-state index contributed by atoms with van der Waals surface area (Å²) < 4.78 is 29.5. The molecule has 2 N–H and O–H groups in total. The summed E-state index contributed by atoms with van der Waals surface area (Å²) in [6.45, 7) is 5.02. The Hall–Kier alpha value is -0.920. The molecule has 1 aliphatic carbocycles. The van der Waals surface area contributed by atoms with Crippen molar-refractivity contribution in [2.75, 3.05) is 19.6 Å². The van der Waals surface area contributed by atoms with Gasteiger partial charge in [0.05, 0.1) is 0 Å². The lowest BCUT2D eigenvalue weighted by Gasteiger charge is -2.38. The van der Waals surface area contributed by atoms with Gasteiger partial charge in [-0.3, -0.25) is 4.79 Å². The van der Waals surface area contributed by atoms with Crippen LogP contribution >= 0.6 is 0 Å². The SMILES string of the molecule is C=CCNC(=O)C1(NS(=O)(=O)N2CCCCC2)CCCCC1. The number of hydrogen-bond acceptors (Lipinski definition) is 3. The Morgan fingerprint density at radius 1 is 1.09 bits per heavy atom. The lowest BCUT2D eigenvalue weighted by atomic mass is 9.82. The lowest BCUT2D eigenvalue weighted by Crippen LogP contribution is -2.62. The van der Waals surface area contributed by atoms with Crippen molar-refractivity contribution in [3.8, 4) is 0 Å². The van der Waals surface area contributed by atoms with Crippen molar-refractivity contribution < 1.29 is 13.2 Å². The van der Waals surface area contributed by atoms with Crippen LogP contribution in [0.2, 0.25) is 0 Å². The van der Waals surface area contributed by atoms with Gasteiger partial charge in [-0.1, -0.05) is 31.8 Å². The number of nitrogens with one attached hydrogen (secondary N) is 2. The van der Waals surface area contributed by atoms with Crippen LogP contribution in [0.5, 0.6) is 0 Å². The van der Waals surface area contributed by atoms with Gasteiger partial charge in [-0.25, -0.2) is 0 Å². The van der Waals surface area contributed by atoms with Crippen molar-refractivity contribution >= 4 is 16.1 Å². The van der Waals surface area contributed by atoms with E-state index in [9.17, 15) is 13.2 Å². The number of nitrogens with zero attached hydrogens (tertiary/aromatic N) is 1. The molecular formula is C15H27N3O3S.